The van der Waals surface area contributed by atoms with E-state index in [1.54, 1.807) is 39.8 Å². The van der Waals surface area contributed by atoms with Crippen LogP contribution in [0.3, 0.4) is 0 Å². The zero-order valence-electron chi connectivity index (χ0n) is 22.1. The summed E-state index contributed by atoms with van der Waals surface area (Å²) in [4.78, 5) is 48.5. The molecule has 35 heavy (non-hydrogen) atoms. The topological polar surface area (TPSA) is 117 Å². The summed E-state index contributed by atoms with van der Waals surface area (Å²) in [6.07, 6.45) is 0.492. The monoisotopic (exact) mass is 493 g/mol. The maximum atomic E-state index is 12.3. The lowest BCUT2D eigenvalue weighted by molar-refractivity contribution is -0.146. The predicted octanol–water partition coefficient (Wildman–Crippen LogP) is 3.46. The van der Waals surface area contributed by atoms with Gasteiger partial charge in [-0.05, 0) is 29.5 Å². The van der Waals surface area contributed by atoms with Crippen LogP contribution in [-0.4, -0.2) is 50.2 Å². The van der Waals surface area contributed by atoms with Gasteiger partial charge in [-0.3, -0.25) is 19.2 Å². The zero-order valence-corrected chi connectivity index (χ0v) is 22.1. The summed E-state index contributed by atoms with van der Waals surface area (Å²) in [5.74, 6) is -2.30. The Labute approximate surface area is 207 Å². The highest BCUT2D eigenvalue weighted by molar-refractivity contribution is 5.78. The van der Waals surface area contributed by atoms with Gasteiger partial charge in [0.1, 0.15) is 12.6 Å². The Hall–Kier alpha value is -2.94. The van der Waals surface area contributed by atoms with Crippen LogP contribution in [0.5, 0.6) is 11.5 Å². The smallest absolute Gasteiger partial charge is 0.323 e. The molecule has 0 aliphatic heterocycles. The van der Waals surface area contributed by atoms with E-state index in [1.165, 1.54) is 13.2 Å². The number of nitrogens with one attached hydrogen (secondary N) is 1. The molecule has 0 fully saturated rings. The first-order valence-electron chi connectivity index (χ1n) is 11.8. The number of benzene rings is 1. The van der Waals surface area contributed by atoms with Crippen molar-refractivity contribution in [1.82, 2.24) is 5.32 Å². The first-order chi connectivity index (χ1) is 16.2. The summed E-state index contributed by atoms with van der Waals surface area (Å²) in [6.45, 7) is 13.0. The minimum atomic E-state index is -0.737. The minimum Gasteiger partial charge on any atom is -0.468 e. The Morgan fingerprint density at radius 1 is 0.886 bits per heavy atom. The summed E-state index contributed by atoms with van der Waals surface area (Å²) < 4.78 is 21.0. The molecule has 196 valence electrons. The van der Waals surface area contributed by atoms with Gasteiger partial charge in [0.25, 0.3) is 0 Å². The van der Waals surface area contributed by atoms with Crippen molar-refractivity contribution in [3.05, 3.63) is 23.8 Å². The molecule has 0 amide bonds. The van der Waals surface area contributed by atoms with E-state index >= 15 is 0 Å². The molecule has 9 heteroatoms. The van der Waals surface area contributed by atoms with Gasteiger partial charge in [0.2, 0.25) is 0 Å². The van der Waals surface area contributed by atoms with Crippen LogP contribution in [0.25, 0.3) is 0 Å². The molecule has 0 heterocycles. The van der Waals surface area contributed by atoms with E-state index in [2.05, 4.69) is 5.32 Å². The van der Waals surface area contributed by atoms with Gasteiger partial charge in [0, 0.05) is 6.54 Å². The van der Waals surface area contributed by atoms with E-state index in [4.69, 9.17) is 18.9 Å². The highest BCUT2D eigenvalue weighted by atomic mass is 16.6. The van der Waals surface area contributed by atoms with Gasteiger partial charge >= 0.3 is 23.9 Å². The van der Waals surface area contributed by atoms with Crippen LogP contribution < -0.4 is 14.8 Å². The number of carbonyl (C=O) groups excluding carboxylic acids is 4. The van der Waals surface area contributed by atoms with Gasteiger partial charge in [0.15, 0.2) is 11.5 Å². The molecule has 0 saturated heterocycles. The van der Waals surface area contributed by atoms with Crippen LogP contribution in [0.4, 0.5) is 0 Å². The highest BCUT2D eigenvalue weighted by Crippen LogP contribution is 2.30. The van der Waals surface area contributed by atoms with E-state index in [9.17, 15) is 19.2 Å². The van der Waals surface area contributed by atoms with Crippen LogP contribution >= 0.6 is 0 Å². The van der Waals surface area contributed by atoms with Crippen molar-refractivity contribution in [2.75, 3.05) is 20.3 Å². The Morgan fingerprint density at radius 3 is 1.97 bits per heavy atom. The Kier molecular flexibility index (Phi) is 11.9. The average Bonchev–Trinajstić information content (AvgIpc) is 2.75. The van der Waals surface area contributed by atoms with Gasteiger partial charge in [-0.1, -0.05) is 54.5 Å². The molecule has 0 radical (unpaired) electrons. The summed E-state index contributed by atoms with van der Waals surface area (Å²) >= 11 is 0. The fraction of sp³-hybridized carbons (Fsp3) is 0.615. The van der Waals surface area contributed by atoms with Crippen LogP contribution in [0.1, 0.15) is 60.5 Å². The molecule has 1 N–H and O–H groups in total. The number of esters is 4. The van der Waals surface area contributed by atoms with E-state index in [0.717, 1.165) is 0 Å². The lowest BCUT2D eigenvalue weighted by atomic mass is 9.93. The Bertz CT molecular complexity index is 886. The van der Waals surface area contributed by atoms with Crippen molar-refractivity contribution in [3.8, 4) is 11.5 Å². The molecule has 0 spiro atoms. The second-order valence-electron chi connectivity index (χ2n) is 10.1. The number of hydrogen-bond donors (Lipinski definition) is 1. The molecular weight excluding hydrogens is 454 g/mol. The normalized spacial score (nSPS) is 12.3. The molecule has 0 saturated carbocycles. The van der Waals surface area contributed by atoms with Crippen LogP contribution in [0.15, 0.2) is 18.2 Å². The first kappa shape index (κ1) is 30.1. The Balaban J connectivity index is 2.95. The van der Waals surface area contributed by atoms with Gasteiger partial charge in [0.05, 0.1) is 25.4 Å². The molecule has 1 atom stereocenters. The quantitative estimate of drug-likeness (QED) is 0.265. The van der Waals surface area contributed by atoms with Gasteiger partial charge in [-0.2, -0.15) is 0 Å². The Morgan fingerprint density at radius 2 is 1.46 bits per heavy atom. The first-order valence-corrected chi connectivity index (χ1v) is 11.8. The van der Waals surface area contributed by atoms with Gasteiger partial charge in [-0.25, -0.2) is 0 Å². The lowest BCUT2D eigenvalue weighted by Crippen LogP contribution is -2.41. The maximum Gasteiger partial charge on any atom is 0.323 e. The third-order valence-electron chi connectivity index (χ3n) is 4.73. The van der Waals surface area contributed by atoms with E-state index in [-0.39, 0.29) is 48.4 Å². The molecule has 0 aliphatic carbocycles. The largest absolute Gasteiger partial charge is 0.468 e. The fourth-order valence-electron chi connectivity index (χ4n) is 2.79. The van der Waals surface area contributed by atoms with E-state index in [0.29, 0.717) is 12.0 Å². The molecule has 9 nitrogen and oxygen atoms in total. The van der Waals surface area contributed by atoms with Crippen LogP contribution in [0.2, 0.25) is 0 Å². The standard InChI is InChI=1S/C26H39NO8/c1-16(2)23(29)34-20-10-9-18(14-21(20)35-24(30)17(3)4)13-19(25(31)32-8)27-11-12-33-22(28)15-26(5,6)7/h9-10,14,16-17,19,27H,11-13,15H2,1-8H3/t19-/m0/s1. The minimum absolute atomic E-state index is 0.0925. The lowest BCUT2D eigenvalue weighted by Gasteiger charge is -2.19. The van der Waals surface area contributed by atoms with Crippen molar-refractivity contribution in [3.63, 3.8) is 0 Å². The summed E-state index contributed by atoms with van der Waals surface area (Å²) in [6, 6.07) is 4.03. The van der Waals surface area contributed by atoms with Crippen molar-refractivity contribution in [2.24, 2.45) is 17.3 Å². The molecule has 1 rings (SSSR count). The second kappa shape index (κ2) is 13.8. The SMILES string of the molecule is COC(=O)[C@H](Cc1ccc(OC(=O)C(C)C)c(OC(=O)C(C)C)c1)NCCOC(=O)CC(C)(C)C. The molecule has 1 aromatic carbocycles. The molecule has 0 aromatic heterocycles. The summed E-state index contributed by atoms with van der Waals surface area (Å²) in [5, 5.41) is 3.03. The number of ether oxygens (including phenoxy) is 4. The number of methoxy groups -OCH3 is 1. The highest BCUT2D eigenvalue weighted by Gasteiger charge is 2.23. The molecule has 0 unspecified atom stereocenters. The van der Waals surface area contributed by atoms with Crippen molar-refractivity contribution >= 4 is 23.9 Å². The fourth-order valence-corrected chi connectivity index (χ4v) is 2.79. The number of carbonyl (C=O) groups is 4. The van der Waals surface area contributed by atoms with Gasteiger partial charge < -0.3 is 24.3 Å². The summed E-state index contributed by atoms with van der Waals surface area (Å²) in [5.41, 5.74) is 0.472. The molecule has 0 bridgehead atoms. The molecular formula is C26H39NO8. The third-order valence-corrected chi connectivity index (χ3v) is 4.73. The second-order valence-corrected chi connectivity index (χ2v) is 10.1. The van der Waals surface area contributed by atoms with Crippen LogP contribution in [-0.2, 0) is 35.1 Å². The predicted molar refractivity (Wildman–Crippen MR) is 130 cm³/mol. The van der Waals surface area contributed by atoms with Crippen LogP contribution in [0, 0.1) is 17.3 Å². The summed E-state index contributed by atoms with van der Waals surface area (Å²) in [7, 11) is 1.28. The number of hydrogen-bond acceptors (Lipinski definition) is 9. The third kappa shape index (κ3) is 11.4. The number of rotatable bonds is 12. The molecule has 1 aromatic rings. The van der Waals surface area contributed by atoms with E-state index < -0.39 is 29.9 Å². The zero-order chi connectivity index (χ0) is 26.8. The van der Waals surface area contributed by atoms with Crippen molar-refractivity contribution in [1.29, 1.82) is 0 Å². The van der Waals surface area contributed by atoms with E-state index in [1.807, 2.05) is 20.8 Å². The van der Waals surface area contributed by atoms with Crippen molar-refractivity contribution in [2.45, 2.75) is 67.3 Å². The molecule has 0 aliphatic rings. The average molecular weight is 494 g/mol. The maximum absolute atomic E-state index is 12.3. The van der Waals surface area contributed by atoms with Gasteiger partial charge in [-0.15, -0.1) is 0 Å². The van der Waals surface area contributed by atoms with Crippen molar-refractivity contribution < 1.29 is 38.1 Å².